The minimum atomic E-state index is -4.56. The van der Waals surface area contributed by atoms with E-state index in [0.29, 0.717) is 30.0 Å². The summed E-state index contributed by atoms with van der Waals surface area (Å²) in [6, 6.07) is 3.75. The molecule has 0 aromatic carbocycles. The van der Waals surface area contributed by atoms with Crippen LogP contribution in [0.2, 0.25) is 0 Å². The number of likely N-dealkylation sites (tertiary alicyclic amines) is 1. The number of halogens is 3. The Bertz CT molecular complexity index is 1010. The minimum Gasteiger partial charge on any atom is -0.329 e. The van der Waals surface area contributed by atoms with Crippen LogP contribution < -0.4 is 0 Å². The molecule has 1 aliphatic heterocycles. The van der Waals surface area contributed by atoms with Crippen LogP contribution in [0.1, 0.15) is 66.2 Å². The van der Waals surface area contributed by atoms with Crippen LogP contribution in [0.5, 0.6) is 0 Å². The van der Waals surface area contributed by atoms with E-state index in [4.69, 9.17) is 0 Å². The zero-order chi connectivity index (χ0) is 20.1. The Hall–Kier alpha value is -2.91. The van der Waals surface area contributed by atoms with Crippen LogP contribution in [0.4, 0.5) is 13.2 Å². The molecular weight excluding hydrogens is 373 g/mol. The number of nitrogens with zero attached hydrogens (tertiary/aromatic N) is 5. The predicted molar refractivity (Wildman–Crippen MR) is 93.7 cm³/mol. The maximum atomic E-state index is 13.6. The van der Waals surface area contributed by atoms with Gasteiger partial charge in [0.1, 0.15) is 11.4 Å². The van der Waals surface area contributed by atoms with Crippen molar-refractivity contribution in [3.05, 3.63) is 47.2 Å². The third-order valence-electron chi connectivity index (χ3n) is 4.93. The Labute approximate surface area is 158 Å². The van der Waals surface area contributed by atoms with Gasteiger partial charge in [-0.15, -0.1) is 0 Å². The Morgan fingerprint density at radius 3 is 2.75 bits per heavy atom. The number of alkyl halides is 3. The van der Waals surface area contributed by atoms with Crippen molar-refractivity contribution < 1.29 is 18.0 Å². The first-order chi connectivity index (χ1) is 13.3. The van der Waals surface area contributed by atoms with Crippen molar-refractivity contribution in [3.8, 4) is 0 Å². The molecule has 3 aromatic rings. The van der Waals surface area contributed by atoms with Crippen LogP contribution in [0, 0.1) is 0 Å². The molecule has 10 heteroatoms. The highest BCUT2D eigenvalue weighted by Gasteiger charge is 2.37. The molecule has 0 unspecified atom stereocenters. The van der Waals surface area contributed by atoms with Gasteiger partial charge in [-0.1, -0.05) is 13.8 Å². The number of amides is 1. The molecule has 1 atom stereocenters. The number of fused-ring (bicyclic) bond motifs is 1. The number of nitrogens with one attached hydrogen (secondary N) is 1. The van der Waals surface area contributed by atoms with E-state index in [9.17, 15) is 18.0 Å². The molecule has 1 N–H and O–H groups in total. The largest absolute Gasteiger partial charge is 0.433 e. The smallest absolute Gasteiger partial charge is 0.329 e. The van der Waals surface area contributed by atoms with Gasteiger partial charge in [-0.05, 0) is 30.9 Å². The fourth-order valence-electron chi connectivity index (χ4n) is 3.52. The first kappa shape index (κ1) is 18.5. The Morgan fingerprint density at radius 2 is 2.11 bits per heavy atom. The van der Waals surface area contributed by atoms with Crippen molar-refractivity contribution >= 4 is 11.6 Å². The normalized spacial score (nSPS) is 17.8. The summed E-state index contributed by atoms with van der Waals surface area (Å²) < 4.78 is 41.6. The average Bonchev–Trinajstić information content (AvgIpc) is 3.38. The van der Waals surface area contributed by atoms with E-state index < -0.39 is 17.9 Å². The van der Waals surface area contributed by atoms with Crippen molar-refractivity contribution in [1.29, 1.82) is 0 Å². The quantitative estimate of drug-likeness (QED) is 0.739. The first-order valence-corrected chi connectivity index (χ1v) is 9.04. The highest BCUT2D eigenvalue weighted by molar-refractivity contribution is 5.92. The molecule has 7 nitrogen and oxygen atoms in total. The van der Waals surface area contributed by atoms with Gasteiger partial charge < -0.3 is 4.90 Å². The molecular formula is C18H19F3N6O. The van der Waals surface area contributed by atoms with E-state index >= 15 is 0 Å². The van der Waals surface area contributed by atoms with Crippen LogP contribution in [-0.4, -0.2) is 42.1 Å². The van der Waals surface area contributed by atoms with Gasteiger partial charge in [0, 0.05) is 24.5 Å². The van der Waals surface area contributed by atoms with Gasteiger partial charge in [0.05, 0.1) is 11.7 Å². The predicted octanol–water partition coefficient (Wildman–Crippen LogP) is 3.57. The molecule has 0 aliphatic carbocycles. The number of aromatic nitrogens is 5. The lowest BCUT2D eigenvalue weighted by Gasteiger charge is -2.22. The van der Waals surface area contributed by atoms with E-state index in [0.717, 1.165) is 17.0 Å². The highest BCUT2D eigenvalue weighted by Crippen LogP contribution is 2.35. The Kier molecular flexibility index (Phi) is 4.35. The molecule has 3 aromatic heterocycles. The monoisotopic (exact) mass is 392 g/mol. The van der Waals surface area contributed by atoms with E-state index in [2.05, 4.69) is 20.3 Å². The van der Waals surface area contributed by atoms with E-state index in [-0.39, 0.29) is 17.5 Å². The van der Waals surface area contributed by atoms with Crippen LogP contribution >= 0.6 is 0 Å². The summed E-state index contributed by atoms with van der Waals surface area (Å²) in [6.07, 6.45) is -1.71. The Balaban J connectivity index is 1.78. The molecule has 0 saturated carbocycles. The topological polar surface area (TPSA) is 79.2 Å². The molecule has 4 heterocycles. The van der Waals surface area contributed by atoms with Gasteiger partial charge in [-0.2, -0.15) is 23.4 Å². The molecule has 4 rings (SSSR count). The summed E-state index contributed by atoms with van der Waals surface area (Å²) in [6.45, 7) is 4.09. The maximum Gasteiger partial charge on any atom is 0.433 e. The molecule has 1 saturated heterocycles. The van der Waals surface area contributed by atoms with Gasteiger partial charge in [0.25, 0.3) is 5.91 Å². The number of aromatic amines is 1. The summed E-state index contributed by atoms with van der Waals surface area (Å²) >= 11 is 0. The van der Waals surface area contributed by atoms with Gasteiger partial charge in [0.15, 0.2) is 5.65 Å². The van der Waals surface area contributed by atoms with Crippen LogP contribution in [-0.2, 0) is 6.18 Å². The number of carbonyl (C=O) groups is 1. The van der Waals surface area contributed by atoms with Gasteiger partial charge in [0.2, 0.25) is 0 Å². The van der Waals surface area contributed by atoms with E-state index in [1.54, 1.807) is 30.9 Å². The van der Waals surface area contributed by atoms with Crippen molar-refractivity contribution in [1.82, 2.24) is 29.7 Å². The number of hydrogen-bond acceptors (Lipinski definition) is 4. The molecule has 1 aliphatic rings. The number of carbonyl (C=O) groups excluding carboxylic acids is 1. The number of hydrogen-bond donors (Lipinski definition) is 1. The second kappa shape index (κ2) is 6.61. The molecule has 1 fully saturated rings. The van der Waals surface area contributed by atoms with Gasteiger partial charge in [-0.3, -0.25) is 9.89 Å². The fourth-order valence-corrected chi connectivity index (χ4v) is 3.52. The molecule has 1 amide bonds. The second-order valence-corrected chi connectivity index (χ2v) is 7.18. The number of rotatable bonds is 3. The summed E-state index contributed by atoms with van der Waals surface area (Å²) in [5.74, 6) is -0.404. The average molecular weight is 392 g/mol. The lowest BCUT2D eigenvalue weighted by Crippen LogP contribution is -2.31. The van der Waals surface area contributed by atoms with Crippen LogP contribution in [0.3, 0.4) is 0 Å². The zero-order valence-electron chi connectivity index (χ0n) is 15.4. The SMILES string of the molecule is CC(C)c1cc(C(F)(F)F)n2nc([C@@H]3CCCN3C(=O)c3ccn[nH]3)cc2n1. The van der Waals surface area contributed by atoms with Crippen LogP contribution in [0.15, 0.2) is 24.4 Å². The molecule has 0 spiro atoms. The second-order valence-electron chi connectivity index (χ2n) is 7.18. The first-order valence-electron chi connectivity index (χ1n) is 9.04. The fraction of sp³-hybridized carbons (Fsp3) is 0.444. The highest BCUT2D eigenvalue weighted by atomic mass is 19.4. The lowest BCUT2D eigenvalue weighted by molar-refractivity contribution is -0.142. The van der Waals surface area contributed by atoms with E-state index in [1.165, 1.54) is 6.20 Å². The summed E-state index contributed by atoms with van der Waals surface area (Å²) in [4.78, 5) is 18.7. The third-order valence-corrected chi connectivity index (χ3v) is 4.93. The van der Waals surface area contributed by atoms with Gasteiger partial charge in [-0.25, -0.2) is 9.50 Å². The minimum absolute atomic E-state index is 0.134. The zero-order valence-corrected chi connectivity index (χ0v) is 15.4. The van der Waals surface area contributed by atoms with Gasteiger partial charge >= 0.3 is 6.18 Å². The lowest BCUT2D eigenvalue weighted by atomic mass is 10.1. The van der Waals surface area contributed by atoms with Crippen molar-refractivity contribution in [2.45, 2.75) is 44.8 Å². The van der Waals surface area contributed by atoms with Crippen molar-refractivity contribution in [3.63, 3.8) is 0 Å². The van der Waals surface area contributed by atoms with Crippen molar-refractivity contribution in [2.24, 2.45) is 0 Å². The summed E-state index contributed by atoms with van der Waals surface area (Å²) in [5.41, 5.74) is 0.366. The van der Waals surface area contributed by atoms with Crippen LogP contribution in [0.25, 0.3) is 5.65 Å². The number of H-pyrrole nitrogens is 1. The molecule has 0 radical (unpaired) electrons. The molecule has 148 valence electrons. The van der Waals surface area contributed by atoms with Crippen molar-refractivity contribution in [2.75, 3.05) is 6.54 Å². The molecule has 28 heavy (non-hydrogen) atoms. The third kappa shape index (κ3) is 3.12. The van der Waals surface area contributed by atoms with E-state index in [1.807, 2.05) is 0 Å². The standard InChI is InChI=1S/C18H19F3N6O/c1-10(2)12-8-15(18(19,20)21)27-16(23-12)9-13(25-27)14-4-3-7-26(14)17(28)11-5-6-22-24-11/h5-6,8-10,14H,3-4,7H2,1-2H3,(H,22,24)/t14-/m0/s1. The summed E-state index contributed by atoms with van der Waals surface area (Å²) in [7, 11) is 0. The summed E-state index contributed by atoms with van der Waals surface area (Å²) in [5, 5.41) is 10.6. The molecule has 0 bridgehead atoms. The maximum absolute atomic E-state index is 13.6. The Morgan fingerprint density at radius 1 is 1.32 bits per heavy atom.